The van der Waals surface area contributed by atoms with E-state index in [4.69, 9.17) is 0 Å². The number of amides is 1. The summed E-state index contributed by atoms with van der Waals surface area (Å²) in [5.41, 5.74) is -2.06. The van der Waals surface area contributed by atoms with Gasteiger partial charge < -0.3 is 9.80 Å². The maximum absolute atomic E-state index is 13.8. The third-order valence-corrected chi connectivity index (χ3v) is 5.20. The number of para-hydroxylation sites is 2. The minimum absolute atomic E-state index is 0.0333. The molecule has 1 fully saturated rings. The van der Waals surface area contributed by atoms with Gasteiger partial charge in [0, 0.05) is 32.2 Å². The van der Waals surface area contributed by atoms with Gasteiger partial charge in [0.2, 0.25) is 0 Å². The molecule has 2 aromatic carbocycles. The lowest BCUT2D eigenvalue weighted by molar-refractivity contribution is -0.384. The van der Waals surface area contributed by atoms with Gasteiger partial charge >= 0.3 is 6.18 Å². The summed E-state index contributed by atoms with van der Waals surface area (Å²) < 4.78 is 55.1. The number of hydrogen-bond acceptors (Lipinski definition) is 6. The quantitative estimate of drug-likeness (QED) is 0.334. The number of piperazine rings is 1. The molecule has 1 aromatic heterocycles. The van der Waals surface area contributed by atoms with Crippen molar-refractivity contribution in [1.82, 2.24) is 19.9 Å². The Bertz CT molecular complexity index is 1190. The molecule has 0 spiro atoms. The van der Waals surface area contributed by atoms with Gasteiger partial charge in [0.25, 0.3) is 11.6 Å². The number of nitro groups is 1. The molecule has 0 aliphatic carbocycles. The standard InChI is InChI=1S/C20H16F4N6O3/c21-13-5-7-14(8-6-13)29-18(20(22,23)24)17(25-26-29)19(31)28-11-9-27(10-12-28)15-3-1-2-4-16(15)30(32)33/h1-8H,9-12H2. The van der Waals surface area contributed by atoms with Crippen LogP contribution in [0, 0.1) is 15.9 Å². The molecular weight excluding hydrogens is 448 g/mol. The van der Waals surface area contributed by atoms with E-state index in [1.165, 1.54) is 17.0 Å². The monoisotopic (exact) mass is 464 g/mol. The van der Waals surface area contributed by atoms with E-state index < -0.39 is 34.2 Å². The first kappa shape index (κ1) is 22.2. The summed E-state index contributed by atoms with van der Waals surface area (Å²) in [5, 5.41) is 18.2. The van der Waals surface area contributed by atoms with Crippen LogP contribution < -0.4 is 4.90 Å². The Labute approximate surface area is 184 Å². The van der Waals surface area contributed by atoms with Gasteiger partial charge in [-0.1, -0.05) is 17.3 Å². The third kappa shape index (κ3) is 4.33. The molecule has 33 heavy (non-hydrogen) atoms. The first-order valence-corrected chi connectivity index (χ1v) is 9.73. The molecule has 1 saturated heterocycles. The molecule has 4 rings (SSSR count). The van der Waals surface area contributed by atoms with Gasteiger partial charge in [-0.2, -0.15) is 13.2 Å². The fourth-order valence-electron chi connectivity index (χ4n) is 3.63. The first-order valence-electron chi connectivity index (χ1n) is 9.73. The predicted molar refractivity (Wildman–Crippen MR) is 108 cm³/mol. The topological polar surface area (TPSA) is 97.4 Å². The van der Waals surface area contributed by atoms with Crippen LogP contribution in [0.5, 0.6) is 0 Å². The predicted octanol–water partition coefficient (Wildman–Crippen LogP) is 3.30. The third-order valence-electron chi connectivity index (χ3n) is 5.20. The molecule has 1 amide bonds. The van der Waals surface area contributed by atoms with E-state index in [0.717, 1.165) is 24.3 Å². The van der Waals surface area contributed by atoms with Gasteiger partial charge in [-0.15, -0.1) is 5.10 Å². The van der Waals surface area contributed by atoms with Gasteiger partial charge in [0.05, 0.1) is 10.6 Å². The summed E-state index contributed by atoms with van der Waals surface area (Å²) in [6.45, 7) is 0.436. The SMILES string of the molecule is O=C(c1nnn(-c2ccc(F)cc2)c1C(F)(F)F)N1CCN(c2ccccc2[N+](=O)[O-])CC1. The lowest BCUT2D eigenvalue weighted by Crippen LogP contribution is -2.49. The van der Waals surface area contributed by atoms with E-state index in [2.05, 4.69) is 10.3 Å². The molecule has 0 saturated carbocycles. The Kier molecular flexibility index (Phi) is 5.70. The van der Waals surface area contributed by atoms with E-state index in [1.807, 2.05) is 0 Å². The van der Waals surface area contributed by atoms with Gasteiger partial charge in [-0.05, 0) is 30.3 Å². The highest BCUT2D eigenvalue weighted by atomic mass is 19.4. The molecule has 0 unspecified atom stereocenters. The number of anilines is 1. The lowest BCUT2D eigenvalue weighted by Gasteiger charge is -2.35. The zero-order valence-corrected chi connectivity index (χ0v) is 16.9. The largest absolute Gasteiger partial charge is 0.435 e. The van der Waals surface area contributed by atoms with Crippen LogP contribution in [0.1, 0.15) is 16.2 Å². The smallest absolute Gasteiger partial charge is 0.362 e. The fraction of sp³-hybridized carbons (Fsp3) is 0.250. The average molecular weight is 464 g/mol. The summed E-state index contributed by atoms with van der Waals surface area (Å²) >= 11 is 0. The van der Waals surface area contributed by atoms with E-state index >= 15 is 0 Å². The first-order chi connectivity index (χ1) is 15.7. The number of rotatable bonds is 4. The molecule has 0 bridgehead atoms. The van der Waals surface area contributed by atoms with Crippen LogP contribution in [0.4, 0.5) is 28.9 Å². The van der Waals surface area contributed by atoms with Crippen LogP contribution in [-0.4, -0.2) is 56.9 Å². The number of nitro benzene ring substituents is 1. The highest BCUT2D eigenvalue weighted by Crippen LogP contribution is 2.34. The van der Waals surface area contributed by atoms with Gasteiger partial charge in [-0.25, -0.2) is 9.07 Å². The Balaban J connectivity index is 1.57. The number of benzene rings is 2. The number of alkyl halides is 3. The zero-order valence-electron chi connectivity index (χ0n) is 16.9. The van der Waals surface area contributed by atoms with E-state index in [1.54, 1.807) is 17.0 Å². The van der Waals surface area contributed by atoms with Crippen LogP contribution in [-0.2, 0) is 6.18 Å². The minimum atomic E-state index is -4.95. The van der Waals surface area contributed by atoms with Crippen LogP contribution in [0.25, 0.3) is 5.69 Å². The number of carbonyl (C=O) groups is 1. The summed E-state index contributed by atoms with van der Waals surface area (Å²) in [7, 11) is 0. The summed E-state index contributed by atoms with van der Waals surface area (Å²) in [4.78, 5) is 26.5. The van der Waals surface area contributed by atoms with E-state index in [0.29, 0.717) is 10.4 Å². The average Bonchev–Trinajstić information content (AvgIpc) is 3.25. The normalized spacial score (nSPS) is 14.4. The minimum Gasteiger partial charge on any atom is -0.362 e. The van der Waals surface area contributed by atoms with Crippen molar-refractivity contribution in [3.8, 4) is 5.69 Å². The van der Waals surface area contributed by atoms with Crippen LogP contribution >= 0.6 is 0 Å². The van der Waals surface area contributed by atoms with Crippen LogP contribution in [0.2, 0.25) is 0 Å². The molecule has 0 atom stereocenters. The molecule has 3 aromatic rings. The Hall–Kier alpha value is -4.03. The Morgan fingerprint density at radius 2 is 1.64 bits per heavy atom. The Morgan fingerprint density at radius 3 is 2.24 bits per heavy atom. The van der Waals surface area contributed by atoms with Crippen molar-refractivity contribution >= 4 is 17.3 Å². The molecule has 172 valence electrons. The number of halogens is 4. The summed E-state index contributed by atoms with van der Waals surface area (Å²) in [5.74, 6) is -1.60. The second kappa shape index (κ2) is 8.48. The van der Waals surface area contributed by atoms with Crippen molar-refractivity contribution in [2.45, 2.75) is 6.18 Å². The Morgan fingerprint density at radius 1 is 1.00 bits per heavy atom. The molecule has 9 nitrogen and oxygen atoms in total. The van der Waals surface area contributed by atoms with Crippen LogP contribution in [0.15, 0.2) is 48.5 Å². The summed E-state index contributed by atoms with van der Waals surface area (Å²) in [6, 6.07) is 10.2. The molecule has 1 aliphatic heterocycles. The molecule has 2 heterocycles. The van der Waals surface area contributed by atoms with Crippen molar-refractivity contribution in [1.29, 1.82) is 0 Å². The van der Waals surface area contributed by atoms with Crippen molar-refractivity contribution in [2.24, 2.45) is 0 Å². The lowest BCUT2D eigenvalue weighted by atomic mass is 10.2. The maximum Gasteiger partial charge on any atom is 0.435 e. The molecule has 1 aliphatic rings. The van der Waals surface area contributed by atoms with Gasteiger partial charge in [-0.3, -0.25) is 14.9 Å². The highest BCUT2D eigenvalue weighted by molar-refractivity contribution is 5.93. The molecule has 0 N–H and O–H groups in total. The molecule has 13 heteroatoms. The van der Waals surface area contributed by atoms with Crippen molar-refractivity contribution < 1.29 is 27.3 Å². The van der Waals surface area contributed by atoms with Crippen molar-refractivity contribution in [2.75, 3.05) is 31.1 Å². The van der Waals surface area contributed by atoms with Gasteiger partial charge in [0.1, 0.15) is 11.5 Å². The van der Waals surface area contributed by atoms with Crippen LogP contribution in [0.3, 0.4) is 0 Å². The van der Waals surface area contributed by atoms with Gasteiger partial charge in [0.15, 0.2) is 11.4 Å². The fourth-order valence-corrected chi connectivity index (χ4v) is 3.63. The molecule has 0 radical (unpaired) electrons. The second-order valence-electron chi connectivity index (χ2n) is 7.20. The highest BCUT2D eigenvalue weighted by Gasteiger charge is 2.43. The number of nitrogens with zero attached hydrogens (tertiary/aromatic N) is 6. The van der Waals surface area contributed by atoms with Crippen molar-refractivity contribution in [3.63, 3.8) is 0 Å². The second-order valence-corrected chi connectivity index (χ2v) is 7.20. The number of hydrogen-bond donors (Lipinski definition) is 0. The van der Waals surface area contributed by atoms with E-state index in [-0.39, 0.29) is 37.6 Å². The summed E-state index contributed by atoms with van der Waals surface area (Å²) in [6.07, 6.45) is -4.95. The maximum atomic E-state index is 13.8. The van der Waals surface area contributed by atoms with Crippen molar-refractivity contribution in [3.05, 3.63) is 75.9 Å². The molecular formula is C20H16F4N6O3. The number of carbonyl (C=O) groups excluding carboxylic acids is 1. The number of aromatic nitrogens is 3. The zero-order chi connectivity index (χ0) is 23.8. The van der Waals surface area contributed by atoms with E-state index in [9.17, 15) is 32.5 Å².